The molecule has 0 atom stereocenters. The molecule has 0 aliphatic carbocycles. The van der Waals surface area contributed by atoms with Crippen LogP contribution in [0, 0.1) is 5.82 Å². The Labute approximate surface area is 129 Å². The lowest BCUT2D eigenvalue weighted by molar-refractivity contribution is 0.417. The molecule has 0 aromatic heterocycles. The number of hydrogen-bond donors (Lipinski definition) is 0. The first kappa shape index (κ1) is 14.4. The second kappa shape index (κ2) is 6.04. The summed E-state index contributed by atoms with van der Waals surface area (Å²) in [5.41, 5.74) is 3.37. The number of hydrogen-bond acceptors (Lipinski definition) is 2. The van der Waals surface area contributed by atoms with E-state index in [0.717, 1.165) is 29.0 Å². The summed E-state index contributed by atoms with van der Waals surface area (Å²) in [6.45, 7) is 0.990. The van der Waals surface area contributed by atoms with Crippen molar-refractivity contribution < 1.29 is 4.39 Å². The van der Waals surface area contributed by atoms with Crippen molar-refractivity contribution in [2.45, 2.75) is 16.2 Å². The van der Waals surface area contributed by atoms with Crippen molar-refractivity contribution in [1.29, 1.82) is 0 Å². The molecule has 108 valence electrons. The van der Waals surface area contributed by atoms with Crippen molar-refractivity contribution in [3.63, 3.8) is 0 Å². The number of rotatable bonds is 3. The molecule has 0 radical (unpaired) electrons. The van der Waals surface area contributed by atoms with Crippen molar-refractivity contribution in [2.75, 3.05) is 20.6 Å². The van der Waals surface area contributed by atoms with Crippen LogP contribution < -0.4 is 0 Å². The Hall–Kier alpha value is -1.58. The van der Waals surface area contributed by atoms with E-state index in [1.54, 1.807) is 17.8 Å². The molecule has 0 fully saturated rings. The molecule has 1 aliphatic heterocycles. The summed E-state index contributed by atoms with van der Waals surface area (Å²) in [4.78, 5) is 4.53. The van der Waals surface area contributed by atoms with E-state index in [-0.39, 0.29) is 5.82 Å². The summed E-state index contributed by atoms with van der Waals surface area (Å²) in [6, 6.07) is 13.4. The van der Waals surface area contributed by atoms with Crippen LogP contribution in [-0.2, 0) is 0 Å². The van der Waals surface area contributed by atoms with Crippen molar-refractivity contribution in [3.8, 4) is 0 Å². The number of fused-ring (bicyclic) bond motifs is 2. The first-order valence-electron chi connectivity index (χ1n) is 7.07. The third-order valence-electron chi connectivity index (χ3n) is 3.55. The summed E-state index contributed by atoms with van der Waals surface area (Å²) in [5, 5.41) is 0. The van der Waals surface area contributed by atoms with Crippen molar-refractivity contribution >= 4 is 17.3 Å². The Morgan fingerprint density at radius 1 is 1.05 bits per heavy atom. The zero-order valence-corrected chi connectivity index (χ0v) is 13.1. The van der Waals surface area contributed by atoms with Crippen LogP contribution in [-0.4, -0.2) is 25.5 Å². The second-order valence-corrected chi connectivity index (χ2v) is 6.53. The molecule has 0 saturated carbocycles. The molecule has 3 rings (SSSR count). The van der Waals surface area contributed by atoms with Gasteiger partial charge in [0.1, 0.15) is 5.82 Å². The van der Waals surface area contributed by atoms with Gasteiger partial charge < -0.3 is 4.90 Å². The van der Waals surface area contributed by atoms with Gasteiger partial charge in [-0.1, -0.05) is 36.0 Å². The molecule has 1 aliphatic rings. The molecule has 1 nitrogen and oxygen atoms in total. The summed E-state index contributed by atoms with van der Waals surface area (Å²) in [7, 11) is 4.13. The fraction of sp³-hybridized carbons (Fsp3) is 0.222. The van der Waals surface area contributed by atoms with E-state index >= 15 is 0 Å². The van der Waals surface area contributed by atoms with Gasteiger partial charge in [-0.15, -0.1) is 0 Å². The van der Waals surface area contributed by atoms with Crippen LogP contribution in [0.1, 0.15) is 17.5 Å². The summed E-state index contributed by atoms with van der Waals surface area (Å²) in [6.07, 6.45) is 3.19. The fourth-order valence-corrected chi connectivity index (χ4v) is 3.62. The monoisotopic (exact) mass is 299 g/mol. The van der Waals surface area contributed by atoms with E-state index in [4.69, 9.17) is 0 Å². The van der Waals surface area contributed by atoms with Crippen molar-refractivity contribution in [3.05, 3.63) is 65.5 Å². The zero-order chi connectivity index (χ0) is 14.8. The molecule has 0 unspecified atom stereocenters. The Morgan fingerprint density at radius 3 is 2.62 bits per heavy atom. The van der Waals surface area contributed by atoms with E-state index in [1.165, 1.54) is 16.5 Å². The molecule has 3 heteroatoms. The smallest absolute Gasteiger partial charge is 0.123 e. The Kier molecular flexibility index (Phi) is 4.13. The number of nitrogens with zero attached hydrogens (tertiary/aromatic N) is 1. The second-order valence-electron chi connectivity index (χ2n) is 5.45. The standard InChI is InChI=1S/C18H18FNS/c1-20(2)11-5-7-14-15-6-3-4-8-17(15)21-18-10-9-13(19)12-16(14)18/h3-4,6-10,12H,5,11H2,1-2H3/b14-7-. The molecule has 0 spiro atoms. The largest absolute Gasteiger partial charge is 0.309 e. The Balaban J connectivity index is 2.06. The minimum absolute atomic E-state index is 0.174. The van der Waals surface area contributed by atoms with Crippen LogP contribution in [0.15, 0.2) is 58.3 Å². The lowest BCUT2D eigenvalue weighted by Gasteiger charge is -2.22. The molecule has 0 amide bonds. The van der Waals surface area contributed by atoms with E-state index in [0.29, 0.717) is 0 Å². The van der Waals surface area contributed by atoms with Gasteiger partial charge in [-0.3, -0.25) is 0 Å². The van der Waals surface area contributed by atoms with E-state index in [2.05, 4.69) is 43.3 Å². The van der Waals surface area contributed by atoms with Crippen molar-refractivity contribution in [1.82, 2.24) is 4.90 Å². The Morgan fingerprint density at radius 2 is 1.81 bits per heavy atom. The topological polar surface area (TPSA) is 3.24 Å². The molecular formula is C18H18FNS. The van der Waals surface area contributed by atoms with E-state index < -0.39 is 0 Å². The minimum atomic E-state index is -0.174. The maximum atomic E-state index is 13.6. The van der Waals surface area contributed by atoms with Crippen LogP contribution in [0.5, 0.6) is 0 Å². The summed E-state index contributed by atoms with van der Waals surface area (Å²) < 4.78 is 13.6. The summed E-state index contributed by atoms with van der Waals surface area (Å²) >= 11 is 1.72. The highest BCUT2D eigenvalue weighted by Gasteiger charge is 2.20. The first-order chi connectivity index (χ1) is 10.1. The van der Waals surface area contributed by atoms with Gasteiger partial charge in [-0.25, -0.2) is 4.39 Å². The van der Waals surface area contributed by atoms with Crippen LogP contribution in [0.2, 0.25) is 0 Å². The normalized spacial score (nSPS) is 15.1. The average Bonchev–Trinajstić information content (AvgIpc) is 2.46. The number of halogens is 1. The quantitative estimate of drug-likeness (QED) is 0.691. The van der Waals surface area contributed by atoms with Gasteiger partial charge in [0.05, 0.1) is 0 Å². The molecule has 0 bridgehead atoms. The van der Waals surface area contributed by atoms with Gasteiger partial charge in [0.15, 0.2) is 0 Å². The van der Waals surface area contributed by atoms with Crippen LogP contribution >= 0.6 is 11.8 Å². The molecule has 2 aromatic carbocycles. The Bertz CT molecular complexity index is 691. The van der Waals surface area contributed by atoms with Gasteiger partial charge in [0.25, 0.3) is 0 Å². The highest BCUT2D eigenvalue weighted by molar-refractivity contribution is 7.99. The maximum Gasteiger partial charge on any atom is 0.123 e. The summed E-state index contributed by atoms with van der Waals surface area (Å²) in [5.74, 6) is -0.174. The highest BCUT2D eigenvalue weighted by Crippen LogP contribution is 2.45. The molecule has 1 heterocycles. The van der Waals surface area contributed by atoms with Crippen LogP contribution in [0.25, 0.3) is 5.57 Å². The molecule has 2 aromatic rings. The minimum Gasteiger partial charge on any atom is -0.309 e. The van der Waals surface area contributed by atoms with Gasteiger partial charge in [0, 0.05) is 16.3 Å². The molecule has 0 saturated heterocycles. The molecular weight excluding hydrogens is 281 g/mol. The van der Waals surface area contributed by atoms with Gasteiger partial charge >= 0.3 is 0 Å². The van der Waals surface area contributed by atoms with E-state index in [1.807, 2.05) is 12.1 Å². The third kappa shape index (κ3) is 3.04. The van der Waals surface area contributed by atoms with Gasteiger partial charge in [0.2, 0.25) is 0 Å². The van der Waals surface area contributed by atoms with Crippen LogP contribution in [0.3, 0.4) is 0 Å². The predicted molar refractivity (Wildman–Crippen MR) is 87.2 cm³/mol. The lowest BCUT2D eigenvalue weighted by Crippen LogP contribution is -2.12. The SMILES string of the molecule is CN(C)CC/C=C1/c2ccccc2Sc2ccc(F)cc21. The fourth-order valence-electron chi connectivity index (χ4n) is 2.53. The van der Waals surface area contributed by atoms with Gasteiger partial charge in [-0.2, -0.15) is 0 Å². The average molecular weight is 299 g/mol. The molecule has 21 heavy (non-hydrogen) atoms. The lowest BCUT2D eigenvalue weighted by atomic mass is 9.96. The maximum absolute atomic E-state index is 13.6. The predicted octanol–water partition coefficient (Wildman–Crippen LogP) is 4.67. The number of benzene rings is 2. The third-order valence-corrected chi connectivity index (χ3v) is 4.71. The van der Waals surface area contributed by atoms with Crippen molar-refractivity contribution in [2.24, 2.45) is 0 Å². The van der Waals surface area contributed by atoms with Crippen LogP contribution in [0.4, 0.5) is 4.39 Å². The first-order valence-corrected chi connectivity index (χ1v) is 7.89. The molecule has 0 N–H and O–H groups in total. The van der Waals surface area contributed by atoms with Gasteiger partial charge in [-0.05, 0) is 61.5 Å². The zero-order valence-electron chi connectivity index (χ0n) is 12.3. The highest BCUT2D eigenvalue weighted by atomic mass is 32.2. The van der Waals surface area contributed by atoms with E-state index in [9.17, 15) is 4.39 Å².